The average Bonchev–Trinajstić information content (AvgIpc) is 2.38. The molecule has 6 heteroatoms. The molecule has 0 aliphatic carbocycles. The molecule has 1 aromatic heterocycles. The third-order valence-electron chi connectivity index (χ3n) is 2.61. The molecule has 0 aliphatic heterocycles. The maximum atomic E-state index is 13.5. The van der Waals surface area contributed by atoms with Crippen molar-refractivity contribution in [1.29, 1.82) is 0 Å². The second kappa shape index (κ2) is 5.84. The second-order valence-corrected chi connectivity index (χ2v) is 5.27. The van der Waals surface area contributed by atoms with Gasteiger partial charge >= 0.3 is 0 Å². The molecule has 0 fully saturated rings. The summed E-state index contributed by atoms with van der Waals surface area (Å²) in [5.41, 5.74) is 7.21. The summed E-state index contributed by atoms with van der Waals surface area (Å²) in [6.45, 7) is 2.05. The number of halogens is 3. The van der Waals surface area contributed by atoms with E-state index in [9.17, 15) is 4.39 Å². The van der Waals surface area contributed by atoms with E-state index in [0.717, 1.165) is 18.5 Å². The summed E-state index contributed by atoms with van der Waals surface area (Å²) in [6.07, 6.45) is 1.71. The standard InChI is InChI=1S/C13H12BrClFN3/c1-2-3-10-11(14)12(17)19-13(18-10)7-4-5-8(15)9(16)6-7/h4-6H,2-3H2,1H3,(H2,17,18,19). The lowest BCUT2D eigenvalue weighted by Crippen LogP contribution is -2.03. The van der Waals surface area contributed by atoms with Crippen LogP contribution in [0.15, 0.2) is 22.7 Å². The van der Waals surface area contributed by atoms with Crippen molar-refractivity contribution < 1.29 is 4.39 Å². The Morgan fingerprint density at radius 2 is 2.11 bits per heavy atom. The Balaban J connectivity index is 2.52. The minimum atomic E-state index is -0.499. The molecule has 0 radical (unpaired) electrons. The minimum absolute atomic E-state index is 0.0719. The van der Waals surface area contributed by atoms with Gasteiger partial charge in [0.25, 0.3) is 0 Å². The van der Waals surface area contributed by atoms with Crippen LogP contribution in [0.25, 0.3) is 11.4 Å². The van der Waals surface area contributed by atoms with Crippen molar-refractivity contribution in [3.05, 3.63) is 39.2 Å². The van der Waals surface area contributed by atoms with Gasteiger partial charge in [-0.05, 0) is 40.5 Å². The van der Waals surface area contributed by atoms with E-state index >= 15 is 0 Å². The van der Waals surface area contributed by atoms with E-state index in [4.69, 9.17) is 17.3 Å². The summed E-state index contributed by atoms with van der Waals surface area (Å²) in [5, 5.41) is 0.0719. The molecule has 1 heterocycles. The number of anilines is 1. The first-order valence-corrected chi connectivity index (χ1v) is 6.97. The van der Waals surface area contributed by atoms with Crippen molar-refractivity contribution in [2.24, 2.45) is 0 Å². The number of hydrogen-bond acceptors (Lipinski definition) is 3. The average molecular weight is 345 g/mol. The van der Waals surface area contributed by atoms with Crippen LogP contribution in [0.4, 0.5) is 10.2 Å². The summed E-state index contributed by atoms with van der Waals surface area (Å²) in [7, 11) is 0. The van der Waals surface area contributed by atoms with E-state index in [-0.39, 0.29) is 5.02 Å². The maximum Gasteiger partial charge on any atom is 0.161 e. The van der Waals surface area contributed by atoms with Crippen molar-refractivity contribution >= 4 is 33.3 Å². The van der Waals surface area contributed by atoms with Gasteiger partial charge in [-0.15, -0.1) is 0 Å². The fraction of sp³-hybridized carbons (Fsp3) is 0.231. The summed E-state index contributed by atoms with van der Waals surface area (Å²) < 4.78 is 14.2. The zero-order valence-corrected chi connectivity index (χ0v) is 12.6. The number of nitrogens with two attached hydrogens (primary N) is 1. The fourth-order valence-electron chi connectivity index (χ4n) is 1.68. The van der Waals surface area contributed by atoms with E-state index < -0.39 is 5.82 Å². The third kappa shape index (κ3) is 3.04. The predicted octanol–water partition coefficient (Wildman–Crippen LogP) is 4.23. The Labute approximate surface area is 124 Å². The molecule has 0 saturated heterocycles. The van der Waals surface area contributed by atoms with Crippen molar-refractivity contribution in [3.8, 4) is 11.4 Å². The van der Waals surface area contributed by atoms with Gasteiger partial charge in [0, 0.05) is 5.56 Å². The number of aryl methyl sites for hydroxylation is 1. The minimum Gasteiger partial charge on any atom is -0.383 e. The zero-order valence-electron chi connectivity index (χ0n) is 10.3. The topological polar surface area (TPSA) is 51.8 Å². The summed E-state index contributed by atoms with van der Waals surface area (Å²) >= 11 is 9.03. The molecule has 0 bridgehead atoms. The fourth-order valence-corrected chi connectivity index (χ4v) is 2.17. The number of hydrogen-bond donors (Lipinski definition) is 1. The van der Waals surface area contributed by atoms with Gasteiger partial charge in [-0.1, -0.05) is 24.9 Å². The van der Waals surface area contributed by atoms with Crippen molar-refractivity contribution in [3.63, 3.8) is 0 Å². The quantitative estimate of drug-likeness (QED) is 0.906. The number of rotatable bonds is 3. The molecule has 19 heavy (non-hydrogen) atoms. The lowest BCUT2D eigenvalue weighted by Gasteiger charge is -2.08. The van der Waals surface area contributed by atoms with Crippen LogP contribution in [0, 0.1) is 5.82 Å². The molecule has 0 spiro atoms. The summed E-state index contributed by atoms with van der Waals surface area (Å²) in [6, 6.07) is 4.46. The maximum absolute atomic E-state index is 13.5. The lowest BCUT2D eigenvalue weighted by molar-refractivity contribution is 0.628. The van der Waals surface area contributed by atoms with Crippen molar-refractivity contribution in [2.75, 3.05) is 5.73 Å². The van der Waals surface area contributed by atoms with E-state index in [1.807, 2.05) is 6.92 Å². The molecule has 2 N–H and O–H groups in total. The van der Waals surface area contributed by atoms with Crippen LogP contribution in [0.3, 0.4) is 0 Å². The van der Waals surface area contributed by atoms with Crippen LogP contribution in [-0.4, -0.2) is 9.97 Å². The molecule has 0 saturated carbocycles. The molecule has 0 unspecified atom stereocenters. The van der Waals surface area contributed by atoms with Gasteiger partial charge in [0.2, 0.25) is 0 Å². The highest BCUT2D eigenvalue weighted by Gasteiger charge is 2.12. The van der Waals surface area contributed by atoms with Crippen LogP contribution in [-0.2, 0) is 6.42 Å². The zero-order chi connectivity index (χ0) is 14.0. The Morgan fingerprint density at radius 3 is 2.74 bits per heavy atom. The largest absolute Gasteiger partial charge is 0.383 e. The van der Waals surface area contributed by atoms with E-state index in [0.29, 0.717) is 21.7 Å². The van der Waals surface area contributed by atoms with Gasteiger partial charge in [0.05, 0.1) is 15.2 Å². The normalized spacial score (nSPS) is 10.7. The van der Waals surface area contributed by atoms with E-state index in [2.05, 4.69) is 25.9 Å². The molecular weight excluding hydrogens is 333 g/mol. The molecule has 2 rings (SSSR count). The van der Waals surface area contributed by atoms with Crippen LogP contribution >= 0.6 is 27.5 Å². The van der Waals surface area contributed by atoms with Gasteiger partial charge in [0.1, 0.15) is 11.6 Å². The van der Waals surface area contributed by atoms with Crippen LogP contribution in [0.2, 0.25) is 5.02 Å². The summed E-state index contributed by atoms with van der Waals surface area (Å²) in [5.74, 6) is 0.254. The predicted molar refractivity (Wildman–Crippen MR) is 78.5 cm³/mol. The number of aromatic nitrogens is 2. The Kier molecular flexibility index (Phi) is 4.37. The molecule has 0 atom stereocenters. The van der Waals surface area contributed by atoms with Gasteiger partial charge in [-0.2, -0.15) is 0 Å². The number of nitrogens with zero attached hydrogens (tertiary/aromatic N) is 2. The van der Waals surface area contributed by atoms with Crippen LogP contribution in [0.5, 0.6) is 0 Å². The molecule has 2 aromatic rings. The second-order valence-electron chi connectivity index (χ2n) is 4.07. The summed E-state index contributed by atoms with van der Waals surface area (Å²) in [4.78, 5) is 8.58. The first-order chi connectivity index (χ1) is 9.02. The highest BCUT2D eigenvalue weighted by atomic mass is 79.9. The first-order valence-electron chi connectivity index (χ1n) is 5.80. The monoisotopic (exact) mass is 343 g/mol. The lowest BCUT2D eigenvalue weighted by atomic mass is 10.2. The van der Waals surface area contributed by atoms with Gasteiger partial charge in [0.15, 0.2) is 5.82 Å². The Morgan fingerprint density at radius 1 is 1.37 bits per heavy atom. The van der Waals surface area contributed by atoms with Crippen LogP contribution in [0.1, 0.15) is 19.0 Å². The molecule has 100 valence electrons. The molecule has 0 aliphatic rings. The number of nitrogen functional groups attached to an aromatic ring is 1. The Hall–Kier alpha value is -1.20. The van der Waals surface area contributed by atoms with Crippen molar-refractivity contribution in [1.82, 2.24) is 9.97 Å². The first kappa shape index (κ1) is 14.2. The van der Waals surface area contributed by atoms with Crippen LogP contribution < -0.4 is 5.73 Å². The highest BCUT2D eigenvalue weighted by Crippen LogP contribution is 2.27. The van der Waals surface area contributed by atoms with Crippen molar-refractivity contribution in [2.45, 2.75) is 19.8 Å². The molecule has 3 nitrogen and oxygen atoms in total. The Bertz CT molecular complexity index is 619. The molecule has 0 amide bonds. The van der Waals surface area contributed by atoms with Gasteiger partial charge < -0.3 is 5.73 Å². The van der Waals surface area contributed by atoms with E-state index in [1.165, 1.54) is 12.1 Å². The smallest absolute Gasteiger partial charge is 0.161 e. The number of benzene rings is 1. The molecular formula is C13H12BrClFN3. The van der Waals surface area contributed by atoms with Gasteiger partial charge in [-0.25, -0.2) is 14.4 Å². The highest BCUT2D eigenvalue weighted by molar-refractivity contribution is 9.10. The SMILES string of the molecule is CCCc1nc(-c2ccc(Cl)c(F)c2)nc(N)c1Br. The van der Waals surface area contributed by atoms with Gasteiger partial charge in [-0.3, -0.25) is 0 Å². The van der Waals surface area contributed by atoms with E-state index in [1.54, 1.807) is 6.07 Å². The molecule has 1 aromatic carbocycles. The third-order valence-corrected chi connectivity index (χ3v) is 3.78.